The molecule has 0 amide bonds. The van der Waals surface area contributed by atoms with Gasteiger partial charge in [0, 0.05) is 47.6 Å². The molecule has 11 nitrogen and oxygen atoms in total. The van der Waals surface area contributed by atoms with Crippen molar-refractivity contribution in [3.8, 4) is 11.5 Å². The lowest BCUT2D eigenvalue weighted by molar-refractivity contribution is -0.247. The fourth-order valence-corrected chi connectivity index (χ4v) is 5.78. The Morgan fingerprint density at radius 1 is 1.16 bits per heavy atom. The number of rotatable bonds is 4. The molecule has 2 aromatic rings. The van der Waals surface area contributed by atoms with E-state index < -0.39 is 95.7 Å². The van der Waals surface area contributed by atoms with Gasteiger partial charge in [-0.05, 0) is 19.4 Å². The lowest BCUT2D eigenvalue weighted by Crippen LogP contribution is -2.53. The van der Waals surface area contributed by atoms with Crippen molar-refractivity contribution >= 4 is 17.3 Å². The van der Waals surface area contributed by atoms with Crippen LogP contribution in [-0.2, 0) is 20.7 Å². The summed E-state index contributed by atoms with van der Waals surface area (Å²) in [5, 5.41) is 53.6. The van der Waals surface area contributed by atoms with E-state index in [1.165, 1.54) is 6.07 Å². The number of aromatic hydroxyl groups is 2. The minimum atomic E-state index is -2.22. The van der Waals surface area contributed by atoms with Gasteiger partial charge in [0.2, 0.25) is 0 Å². The topological polar surface area (TPSA) is 197 Å². The first-order valence-corrected chi connectivity index (χ1v) is 12.3. The molecule has 5 rings (SSSR count). The van der Waals surface area contributed by atoms with Crippen LogP contribution in [-0.4, -0.2) is 79.6 Å². The minimum Gasteiger partial charge on any atom is -0.507 e. The van der Waals surface area contributed by atoms with Crippen molar-refractivity contribution in [3.05, 3.63) is 57.1 Å². The molecule has 1 saturated heterocycles. The van der Waals surface area contributed by atoms with Gasteiger partial charge in [-0.15, -0.1) is 0 Å². The summed E-state index contributed by atoms with van der Waals surface area (Å²) in [4.78, 5) is 39.6. The number of ketones is 3. The molecule has 2 aromatic carbocycles. The van der Waals surface area contributed by atoms with Crippen molar-refractivity contribution in [2.45, 2.75) is 69.4 Å². The normalized spacial score (nSPS) is 30.4. The molecule has 2 aliphatic carbocycles. The number of fused-ring (bicyclic) bond motifs is 3. The Morgan fingerprint density at radius 3 is 2.50 bits per heavy atom. The van der Waals surface area contributed by atoms with Crippen molar-refractivity contribution in [2.75, 3.05) is 6.61 Å². The first-order chi connectivity index (χ1) is 17.9. The largest absolute Gasteiger partial charge is 0.507 e. The Balaban J connectivity index is 1.68. The van der Waals surface area contributed by atoms with Gasteiger partial charge in [-0.2, -0.15) is 0 Å². The predicted molar refractivity (Wildman–Crippen MR) is 130 cm³/mol. The molecule has 1 fully saturated rings. The minimum absolute atomic E-state index is 0.0331. The SMILES string of the molecule is Cc1cccc2c1C(=O)c1c(O)c3c(c(O)c1C2=O)C[C@@](O)(C(=O)CO)C[C@@H]3OC1C[C@H](N)[C@H](O)[C@H](C)O1. The van der Waals surface area contributed by atoms with E-state index in [1.54, 1.807) is 26.0 Å². The number of hydrogen-bond acceptors (Lipinski definition) is 11. The molecule has 0 saturated carbocycles. The summed E-state index contributed by atoms with van der Waals surface area (Å²) in [5.74, 6) is -3.60. The van der Waals surface area contributed by atoms with E-state index in [0.29, 0.717) is 5.56 Å². The number of phenols is 2. The number of Topliss-reactive ketones (excluding diaryl/α,β-unsaturated/α-hetero) is 1. The van der Waals surface area contributed by atoms with Crippen LogP contribution in [0, 0.1) is 6.92 Å². The summed E-state index contributed by atoms with van der Waals surface area (Å²) >= 11 is 0. The number of aliphatic hydroxyl groups is 3. The number of carbonyl (C=O) groups is 3. The number of hydrogen-bond donors (Lipinski definition) is 6. The highest BCUT2D eigenvalue weighted by Gasteiger charge is 2.50. The molecule has 0 aromatic heterocycles. The zero-order valence-electron chi connectivity index (χ0n) is 20.8. The number of aryl methyl sites for hydroxylation is 1. The van der Waals surface area contributed by atoms with Crippen LogP contribution in [0.3, 0.4) is 0 Å². The van der Waals surface area contributed by atoms with Crippen molar-refractivity contribution < 1.29 is 49.4 Å². The first-order valence-electron chi connectivity index (χ1n) is 12.3. The molecule has 1 heterocycles. The monoisotopic (exact) mass is 527 g/mol. The summed E-state index contributed by atoms with van der Waals surface area (Å²) in [7, 11) is 0. The summed E-state index contributed by atoms with van der Waals surface area (Å²) in [6.07, 6.45) is -4.98. The average molecular weight is 528 g/mol. The molecule has 11 heteroatoms. The van der Waals surface area contributed by atoms with Crippen molar-refractivity contribution in [3.63, 3.8) is 0 Å². The summed E-state index contributed by atoms with van der Waals surface area (Å²) in [5.41, 5.74) is 3.38. The van der Waals surface area contributed by atoms with E-state index in [0.717, 1.165) is 0 Å². The second-order valence-electron chi connectivity index (χ2n) is 10.3. The van der Waals surface area contributed by atoms with Crippen molar-refractivity contribution in [2.24, 2.45) is 5.73 Å². The maximum Gasteiger partial charge on any atom is 0.198 e. The highest BCUT2D eigenvalue weighted by Crippen LogP contribution is 2.52. The number of benzene rings is 2. The van der Waals surface area contributed by atoms with E-state index in [1.807, 2.05) is 0 Å². The number of carbonyl (C=O) groups excluding carboxylic acids is 3. The summed E-state index contributed by atoms with van der Waals surface area (Å²) in [6, 6.07) is 3.97. The lowest BCUT2D eigenvalue weighted by atomic mass is 9.71. The molecular weight excluding hydrogens is 498 g/mol. The van der Waals surface area contributed by atoms with Gasteiger partial charge in [0.25, 0.3) is 0 Å². The van der Waals surface area contributed by atoms with Gasteiger partial charge in [-0.3, -0.25) is 14.4 Å². The zero-order valence-corrected chi connectivity index (χ0v) is 20.8. The van der Waals surface area contributed by atoms with Gasteiger partial charge >= 0.3 is 0 Å². The van der Waals surface area contributed by atoms with E-state index in [9.17, 15) is 39.9 Å². The van der Waals surface area contributed by atoms with Gasteiger partial charge in [0.1, 0.15) is 23.7 Å². The Labute approximate surface area is 217 Å². The maximum absolute atomic E-state index is 13.6. The van der Waals surface area contributed by atoms with Gasteiger partial charge in [-0.25, -0.2) is 0 Å². The third-order valence-corrected chi connectivity index (χ3v) is 7.83. The Kier molecular flexibility index (Phi) is 6.41. The van der Waals surface area contributed by atoms with Crippen molar-refractivity contribution in [1.82, 2.24) is 0 Å². The molecular formula is C27H29NO10. The third-order valence-electron chi connectivity index (χ3n) is 7.83. The predicted octanol–water partition coefficient (Wildman–Crippen LogP) is 0.301. The number of aliphatic hydroxyl groups excluding tert-OH is 2. The molecule has 1 unspecified atom stereocenters. The first kappa shape index (κ1) is 26.4. The summed E-state index contributed by atoms with van der Waals surface area (Å²) < 4.78 is 11.7. The smallest absolute Gasteiger partial charge is 0.198 e. The van der Waals surface area contributed by atoms with Crippen LogP contribution in [0.5, 0.6) is 11.5 Å². The number of phenolic OH excluding ortho intramolecular Hbond substituents is 2. The fourth-order valence-electron chi connectivity index (χ4n) is 5.78. The van der Waals surface area contributed by atoms with E-state index in [2.05, 4.69) is 0 Å². The molecule has 202 valence electrons. The van der Waals surface area contributed by atoms with Crippen LogP contribution in [0.4, 0.5) is 0 Å². The summed E-state index contributed by atoms with van der Waals surface area (Å²) in [6.45, 7) is 2.23. The number of nitrogens with two attached hydrogens (primary N) is 1. The third kappa shape index (κ3) is 3.85. The van der Waals surface area contributed by atoms with Crippen LogP contribution in [0.1, 0.15) is 74.4 Å². The van der Waals surface area contributed by atoms with Crippen molar-refractivity contribution in [1.29, 1.82) is 0 Å². The quantitative estimate of drug-likeness (QED) is 0.255. The highest BCUT2D eigenvalue weighted by atomic mass is 16.7. The highest BCUT2D eigenvalue weighted by molar-refractivity contribution is 6.31. The van der Waals surface area contributed by atoms with Gasteiger partial charge in [-0.1, -0.05) is 18.2 Å². The Hall–Kier alpha value is -3.19. The number of ether oxygens (including phenoxy) is 2. The molecule has 0 spiro atoms. The van der Waals surface area contributed by atoms with E-state index in [4.69, 9.17) is 15.2 Å². The molecule has 3 aliphatic rings. The molecule has 38 heavy (non-hydrogen) atoms. The van der Waals surface area contributed by atoms with Gasteiger partial charge in [0.05, 0.1) is 29.4 Å². The second-order valence-corrected chi connectivity index (χ2v) is 10.3. The van der Waals surface area contributed by atoms with E-state index in [-0.39, 0.29) is 28.7 Å². The van der Waals surface area contributed by atoms with E-state index >= 15 is 0 Å². The van der Waals surface area contributed by atoms with Crippen LogP contribution >= 0.6 is 0 Å². The molecule has 0 radical (unpaired) electrons. The Morgan fingerprint density at radius 2 is 1.84 bits per heavy atom. The van der Waals surface area contributed by atoms with Gasteiger partial charge < -0.3 is 40.7 Å². The van der Waals surface area contributed by atoms with Crippen LogP contribution in [0.2, 0.25) is 0 Å². The molecule has 7 N–H and O–H groups in total. The molecule has 6 atom stereocenters. The Bertz CT molecular complexity index is 1360. The zero-order chi connectivity index (χ0) is 27.7. The standard InChI is InChI=1S/C27H29NO10/c1-10-4-3-5-12-18(10)25(34)21-20(23(12)32)24(33)13-7-27(36,16(30)9-29)8-15(19(13)26(21)35)38-17-6-14(28)22(31)11(2)37-17/h3-5,11,14-15,17,22,29,31,33,35-36H,6-9,28H2,1-2H3/t11-,14-,15-,17?,22+,27-/m0/s1. The molecule has 0 bridgehead atoms. The molecule has 1 aliphatic heterocycles. The van der Waals surface area contributed by atoms with Crippen LogP contribution in [0.25, 0.3) is 0 Å². The lowest BCUT2D eigenvalue weighted by Gasteiger charge is -2.42. The second kappa shape index (κ2) is 9.23. The maximum atomic E-state index is 13.6. The average Bonchev–Trinajstić information content (AvgIpc) is 2.86. The van der Waals surface area contributed by atoms with Crippen LogP contribution in [0.15, 0.2) is 18.2 Å². The van der Waals surface area contributed by atoms with Gasteiger partial charge in [0.15, 0.2) is 23.6 Å². The fraction of sp³-hybridized carbons (Fsp3) is 0.444. The van der Waals surface area contributed by atoms with Crippen LogP contribution < -0.4 is 5.73 Å².